The molecule has 0 spiro atoms. The zero-order valence-corrected chi connectivity index (χ0v) is 17.3. The van der Waals surface area contributed by atoms with Gasteiger partial charge in [-0.15, -0.1) is 10.2 Å². The van der Waals surface area contributed by atoms with Crippen molar-refractivity contribution in [2.45, 2.75) is 36.6 Å². The summed E-state index contributed by atoms with van der Waals surface area (Å²) in [5.41, 5.74) is 1.34. The monoisotopic (exact) mass is 413 g/mol. The molecule has 1 unspecified atom stereocenters. The van der Waals surface area contributed by atoms with Gasteiger partial charge in [0.15, 0.2) is 10.4 Å². The lowest BCUT2D eigenvalue weighted by atomic mass is 10.1. The Morgan fingerprint density at radius 2 is 1.82 bits per heavy atom. The van der Waals surface area contributed by atoms with E-state index in [-0.39, 0.29) is 5.91 Å². The Morgan fingerprint density at radius 3 is 2.54 bits per heavy atom. The summed E-state index contributed by atoms with van der Waals surface area (Å²) in [5, 5.41) is 11.6. The SMILES string of the molecule is CCC(Oc1ccccc1)C(=O)Nc1nnc(SCCCc2ccccc2)s1. The third-order valence-electron chi connectivity index (χ3n) is 4.00. The summed E-state index contributed by atoms with van der Waals surface area (Å²) in [6.07, 6.45) is 2.12. The molecule has 0 radical (unpaired) electrons. The van der Waals surface area contributed by atoms with Gasteiger partial charge >= 0.3 is 0 Å². The number of hydrogen-bond donors (Lipinski definition) is 1. The molecule has 0 aliphatic carbocycles. The second-order valence-corrected chi connectivity index (χ2v) is 8.45. The van der Waals surface area contributed by atoms with Crippen molar-refractivity contribution >= 4 is 34.1 Å². The van der Waals surface area contributed by atoms with Crippen molar-refractivity contribution in [1.29, 1.82) is 0 Å². The van der Waals surface area contributed by atoms with Crippen LogP contribution in [-0.2, 0) is 11.2 Å². The molecule has 0 aliphatic rings. The first kappa shape index (κ1) is 20.4. The van der Waals surface area contributed by atoms with E-state index in [0.29, 0.717) is 17.3 Å². The number of nitrogens with zero attached hydrogens (tertiary/aromatic N) is 2. The Morgan fingerprint density at radius 1 is 1.11 bits per heavy atom. The van der Waals surface area contributed by atoms with Crippen molar-refractivity contribution in [3.8, 4) is 5.75 Å². The van der Waals surface area contributed by atoms with Gasteiger partial charge in [0.1, 0.15) is 5.75 Å². The number of carbonyl (C=O) groups excluding carboxylic acids is 1. The number of nitrogens with one attached hydrogen (secondary N) is 1. The van der Waals surface area contributed by atoms with E-state index in [1.54, 1.807) is 11.8 Å². The number of hydrogen-bond acceptors (Lipinski definition) is 6. The van der Waals surface area contributed by atoms with Gasteiger partial charge in [-0.1, -0.05) is 78.6 Å². The van der Waals surface area contributed by atoms with Gasteiger partial charge in [-0.25, -0.2) is 0 Å². The summed E-state index contributed by atoms with van der Waals surface area (Å²) >= 11 is 3.06. The molecule has 1 aromatic heterocycles. The van der Waals surface area contributed by atoms with Crippen LogP contribution in [0.3, 0.4) is 0 Å². The van der Waals surface area contributed by atoms with Crippen molar-refractivity contribution in [2.24, 2.45) is 0 Å². The molecule has 1 amide bonds. The largest absolute Gasteiger partial charge is 0.481 e. The van der Waals surface area contributed by atoms with Gasteiger partial charge < -0.3 is 4.74 Å². The Balaban J connectivity index is 1.44. The number of aryl methyl sites for hydroxylation is 1. The molecule has 28 heavy (non-hydrogen) atoms. The molecule has 0 aliphatic heterocycles. The van der Waals surface area contributed by atoms with E-state index >= 15 is 0 Å². The maximum Gasteiger partial charge on any atom is 0.267 e. The average Bonchev–Trinajstić information content (AvgIpc) is 3.18. The van der Waals surface area contributed by atoms with Crippen molar-refractivity contribution in [2.75, 3.05) is 11.1 Å². The Kier molecular flexibility index (Phi) is 7.87. The van der Waals surface area contributed by atoms with Crippen molar-refractivity contribution in [3.05, 3.63) is 66.2 Å². The number of rotatable bonds is 10. The smallest absolute Gasteiger partial charge is 0.267 e. The number of aromatic nitrogens is 2. The van der Waals surface area contributed by atoms with E-state index in [1.165, 1.54) is 16.9 Å². The van der Waals surface area contributed by atoms with Crippen LogP contribution in [0, 0.1) is 0 Å². The number of thioether (sulfide) groups is 1. The summed E-state index contributed by atoms with van der Waals surface area (Å²) in [4.78, 5) is 12.5. The molecule has 0 fully saturated rings. The Labute approximate surface area is 173 Å². The van der Waals surface area contributed by atoms with Crippen LogP contribution in [0.1, 0.15) is 25.3 Å². The summed E-state index contributed by atoms with van der Waals surface area (Å²) in [6.45, 7) is 1.92. The first-order chi connectivity index (χ1) is 13.7. The molecular weight excluding hydrogens is 390 g/mol. The van der Waals surface area contributed by atoms with E-state index in [0.717, 1.165) is 22.9 Å². The minimum Gasteiger partial charge on any atom is -0.481 e. The van der Waals surface area contributed by atoms with Crippen LogP contribution in [0.5, 0.6) is 5.75 Å². The lowest BCUT2D eigenvalue weighted by molar-refractivity contribution is -0.122. The molecular formula is C21H23N3O2S2. The fraction of sp³-hybridized carbons (Fsp3) is 0.286. The quantitative estimate of drug-likeness (QED) is 0.286. The molecule has 3 rings (SSSR count). The van der Waals surface area contributed by atoms with E-state index in [1.807, 2.05) is 43.3 Å². The van der Waals surface area contributed by atoms with E-state index in [4.69, 9.17) is 4.74 Å². The van der Waals surface area contributed by atoms with Crippen molar-refractivity contribution < 1.29 is 9.53 Å². The van der Waals surface area contributed by atoms with Crippen LogP contribution in [0.25, 0.3) is 0 Å². The number of ether oxygens (including phenoxy) is 1. The van der Waals surface area contributed by atoms with E-state index < -0.39 is 6.10 Å². The number of carbonyl (C=O) groups is 1. The topological polar surface area (TPSA) is 64.1 Å². The summed E-state index contributed by atoms with van der Waals surface area (Å²) < 4.78 is 6.63. The third kappa shape index (κ3) is 6.35. The minimum absolute atomic E-state index is 0.205. The predicted octanol–water partition coefficient (Wildman–Crippen LogP) is 5.06. The van der Waals surface area contributed by atoms with Crippen LogP contribution >= 0.6 is 23.1 Å². The van der Waals surface area contributed by atoms with Crippen LogP contribution in [0.2, 0.25) is 0 Å². The molecule has 0 saturated heterocycles. The first-order valence-electron chi connectivity index (χ1n) is 9.27. The molecule has 7 heteroatoms. The van der Waals surface area contributed by atoms with Crippen LogP contribution in [-0.4, -0.2) is 28.0 Å². The molecule has 3 aromatic rings. The number of para-hydroxylation sites is 1. The van der Waals surface area contributed by atoms with Gasteiger partial charge in [0.05, 0.1) is 0 Å². The van der Waals surface area contributed by atoms with E-state index in [2.05, 4.69) is 39.8 Å². The van der Waals surface area contributed by atoms with Crippen LogP contribution in [0.15, 0.2) is 65.0 Å². The second kappa shape index (κ2) is 10.8. The lowest BCUT2D eigenvalue weighted by Gasteiger charge is -2.16. The van der Waals surface area contributed by atoms with Crippen molar-refractivity contribution in [1.82, 2.24) is 10.2 Å². The number of anilines is 1. The van der Waals surface area contributed by atoms with Gasteiger partial charge in [0.25, 0.3) is 5.91 Å². The Bertz CT molecular complexity index is 856. The van der Waals surface area contributed by atoms with E-state index in [9.17, 15) is 4.79 Å². The van der Waals surface area contributed by atoms with Crippen molar-refractivity contribution in [3.63, 3.8) is 0 Å². The maximum absolute atomic E-state index is 12.5. The molecule has 0 bridgehead atoms. The number of benzene rings is 2. The lowest BCUT2D eigenvalue weighted by Crippen LogP contribution is -2.32. The molecule has 5 nitrogen and oxygen atoms in total. The predicted molar refractivity (Wildman–Crippen MR) is 115 cm³/mol. The minimum atomic E-state index is -0.562. The zero-order chi connectivity index (χ0) is 19.6. The highest BCUT2D eigenvalue weighted by Gasteiger charge is 2.20. The molecule has 146 valence electrons. The summed E-state index contributed by atoms with van der Waals surface area (Å²) in [5.74, 6) is 1.44. The fourth-order valence-electron chi connectivity index (χ4n) is 2.57. The molecule has 1 heterocycles. The molecule has 0 saturated carbocycles. The van der Waals surface area contributed by atoms with Gasteiger partial charge in [0.2, 0.25) is 5.13 Å². The standard InChI is InChI=1S/C21H23N3O2S2/c1-2-18(26-17-13-7-4-8-14-17)19(25)22-20-23-24-21(28-20)27-15-9-12-16-10-5-3-6-11-16/h3-8,10-11,13-14,18H,2,9,12,15H2,1H3,(H,22,23,25). The first-order valence-corrected chi connectivity index (χ1v) is 11.1. The van der Waals surface area contributed by atoms with Gasteiger partial charge in [-0.05, 0) is 37.0 Å². The Hall–Kier alpha value is -2.38. The van der Waals surface area contributed by atoms with Gasteiger partial charge in [0, 0.05) is 5.75 Å². The highest BCUT2D eigenvalue weighted by atomic mass is 32.2. The number of amides is 1. The molecule has 1 N–H and O–H groups in total. The highest BCUT2D eigenvalue weighted by Crippen LogP contribution is 2.26. The van der Waals surface area contributed by atoms with Gasteiger partial charge in [-0.3, -0.25) is 10.1 Å². The summed E-state index contributed by atoms with van der Waals surface area (Å²) in [6, 6.07) is 19.8. The fourth-order valence-corrected chi connectivity index (χ4v) is 4.34. The molecule has 2 aromatic carbocycles. The normalized spacial score (nSPS) is 11.8. The zero-order valence-electron chi connectivity index (χ0n) is 15.7. The second-order valence-electron chi connectivity index (χ2n) is 6.13. The van der Waals surface area contributed by atoms with Crippen LogP contribution < -0.4 is 10.1 Å². The molecule has 1 atom stereocenters. The highest BCUT2D eigenvalue weighted by molar-refractivity contribution is 8.01. The summed E-state index contributed by atoms with van der Waals surface area (Å²) in [7, 11) is 0. The maximum atomic E-state index is 12.5. The third-order valence-corrected chi connectivity index (χ3v) is 6.06. The average molecular weight is 414 g/mol. The van der Waals surface area contributed by atoms with Gasteiger partial charge in [-0.2, -0.15) is 0 Å². The van der Waals surface area contributed by atoms with Crippen LogP contribution in [0.4, 0.5) is 5.13 Å².